The molecule has 6 N–H and O–H groups in total. The maximum Gasteiger partial charge on any atom is 0.00388 e. The minimum atomic E-state index is 0.376. The van der Waals surface area contributed by atoms with Gasteiger partial charge < -0.3 is 17.2 Å². The van der Waals surface area contributed by atoms with E-state index in [-0.39, 0.29) is 0 Å². The molecule has 0 amide bonds. The van der Waals surface area contributed by atoms with E-state index < -0.39 is 0 Å². The Morgan fingerprint density at radius 2 is 0.833 bits per heavy atom. The van der Waals surface area contributed by atoms with E-state index in [2.05, 4.69) is 13.8 Å². The molecule has 0 spiro atoms. The highest BCUT2D eigenvalue weighted by atomic mass is 14.6. The van der Waals surface area contributed by atoms with E-state index in [1.165, 1.54) is 25.7 Å². The van der Waals surface area contributed by atoms with Crippen LogP contribution in [0.3, 0.4) is 0 Å². The number of hydrogen-bond acceptors (Lipinski definition) is 3. The second-order valence-corrected chi connectivity index (χ2v) is 5.67. The highest BCUT2D eigenvalue weighted by molar-refractivity contribution is 4.65. The summed E-state index contributed by atoms with van der Waals surface area (Å²) in [7, 11) is 0. The maximum atomic E-state index is 6.11. The van der Waals surface area contributed by atoms with Gasteiger partial charge in [0.05, 0.1) is 0 Å². The molecule has 0 saturated heterocycles. The van der Waals surface area contributed by atoms with Crippen LogP contribution in [-0.2, 0) is 0 Å². The van der Waals surface area contributed by atoms with Gasteiger partial charge in [0.15, 0.2) is 0 Å². The van der Waals surface area contributed by atoms with E-state index in [1.807, 2.05) is 0 Å². The fourth-order valence-corrected chi connectivity index (χ4v) is 2.18. The first-order valence-corrected chi connectivity index (χ1v) is 7.86. The first-order valence-electron chi connectivity index (χ1n) is 7.86. The Morgan fingerprint density at radius 3 is 1.11 bits per heavy atom. The summed E-state index contributed by atoms with van der Waals surface area (Å²) >= 11 is 0. The molecule has 0 aromatic heterocycles. The quantitative estimate of drug-likeness (QED) is 0.470. The second-order valence-electron chi connectivity index (χ2n) is 5.67. The molecule has 3 nitrogen and oxygen atoms in total. The van der Waals surface area contributed by atoms with Gasteiger partial charge in [-0.3, -0.25) is 0 Å². The van der Waals surface area contributed by atoms with Crippen LogP contribution in [0.5, 0.6) is 0 Å². The molecule has 18 heavy (non-hydrogen) atoms. The van der Waals surface area contributed by atoms with Gasteiger partial charge in [0.2, 0.25) is 0 Å². The predicted molar refractivity (Wildman–Crippen MR) is 81.4 cm³/mol. The molecule has 110 valence electrons. The van der Waals surface area contributed by atoms with Gasteiger partial charge in [0.25, 0.3) is 0 Å². The molecule has 0 aliphatic carbocycles. The topological polar surface area (TPSA) is 78.1 Å². The zero-order valence-corrected chi connectivity index (χ0v) is 12.5. The lowest BCUT2D eigenvalue weighted by Crippen LogP contribution is -2.22. The third-order valence-corrected chi connectivity index (χ3v) is 3.85. The minimum absolute atomic E-state index is 0.376. The largest absolute Gasteiger partial charge is 0.328 e. The van der Waals surface area contributed by atoms with Crippen molar-refractivity contribution in [1.29, 1.82) is 0 Å². The standard InChI is InChI=1S/C15H35N3/c1-3-13(16)9-5-7-11-15(18)12-8-6-10-14(17)4-2/h13-15H,3-12,16-18H2,1-2H3. The summed E-state index contributed by atoms with van der Waals surface area (Å²) < 4.78 is 0. The molecule has 0 rings (SSSR count). The lowest BCUT2D eigenvalue weighted by atomic mass is 9.99. The summed E-state index contributed by atoms with van der Waals surface area (Å²) in [6.07, 6.45) is 11.7. The zero-order chi connectivity index (χ0) is 13.8. The molecular formula is C15H35N3. The first kappa shape index (κ1) is 17.9. The van der Waals surface area contributed by atoms with Crippen LogP contribution < -0.4 is 17.2 Å². The van der Waals surface area contributed by atoms with Crippen molar-refractivity contribution in [2.75, 3.05) is 0 Å². The Morgan fingerprint density at radius 1 is 0.556 bits per heavy atom. The van der Waals surface area contributed by atoms with E-state index in [0.29, 0.717) is 18.1 Å². The average molecular weight is 257 g/mol. The molecular weight excluding hydrogens is 222 g/mol. The summed E-state index contributed by atoms with van der Waals surface area (Å²) in [5.74, 6) is 0. The van der Waals surface area contributed by atoms with E-state index in [0.717, 1.165) is 38.5 Å². The van der Waals surface area contributed by atoms with Crippen molar-refractivity contribution in [2.45, 2.75) is 96.2 Å². The van der Waals surface area contributed by atoms with Crippen LogP contribution >= 0.6 is 0 Å². The van der Waals surface area contributed by atoms with Crippen molar-refractivity contribution < 1.29 is 0 Å². The molecule has 2 atom stereocenters. The van der Waals surface area contributed by atoms with Crippen LogP contribution in [-0.4, -0.2) is 18.1 Å². The van der Waals surface area contributed by atoms with Gasteiger partial charge in [-0.2, -0.15) is 0 Å². The number of rotatable bonds is 12. The monoisotopic (exact) mass is 257 g/mol. The van der Waals surface area contributed by atoms with E-state index >= 15 is 0 Å². The second kappa shape index (κ2) is 11.9. The molecule has 2 unspecified atom stereocenters. The lowest BCUT2D eigenvalue weighted by molar-refractivity contribution is 0.466. The van der Waals surface area contributed by atoms with Gasteiger partial charge in [-0.05, 0) is 38.5 Å². The smallest absolute Gasteiger partial charge is 0.00388 e. The van der Waals surface area contributed by atoms with Crippen LogP contribution in [0, 0.1) is 0 Å². The summed E-state index contributed by atoms with van der Waals surface area (Å²) in [6, 6.07) is 1.15. The molecule has 0 fully saturated rings. The summed E-state index contributed by atoms with van der Waals surface area (Å²) in [6.45, 7) is 4.30. The van der Waals surface area contributed by atoms with Crippen LogP contribution in [0.4, 0.5) is 0 Å². The Bertz CT molecular complexity index is 155. The van der Waals surface area contributed by atoms with Gasteiger partial charge in [-0.15, -0.1) is 0 Å². The maximum absolute atomic E-state index is 6.11. The minimum Gasteiger partial charge on any atom is -0.328 e. The number of unbranched alkanes of at least 4 members (excludes halogenated alkanes) is 2. The van der Waals surface area contributed by atoms with E-state index in [4.69, 9.17) is 17.2 Å². The highest BCUT2D eigenvalue weighted by Crippen LogP contribution is 2.11. The Balaban J connectivity index is 3.29. The van der Waals surface area contributed by atoms with Gasteiger partial charge in [-0.25, -0.2) is 0 Å². The van der Waals surface area contributed by atoms with E-state index in [1.54, 1.807) is 0 Å². The SMILES string of the molecule is CCC(N)CCCCC(N)CCCCC(N)CC. The molecule has 0 aliphatic heterocycles. The summed E-state index contributed by atoms with van der Waals surface area (Å²) in [4.78, 5) is 0. The molecule has 0 aromatic rings. The van der Waals surface area contributed by atoms with Gasteiger partial charge >= 0.3 is 0 Å². The summed E-state index contributed by atoms with van der Waals surface area (Å²) in [5, 5.41) is 0. The molecule has 3 heteroatoms. The van der Waals surface area contributed by atoms with Gasteiger partial charge in [0, 0.05) is 18.1 Å². The molecule has 0 bridgehead atoms. The van der Waals surface area contributed by atoms with Crippen LogP contribution in [0.2, 0.25) is 0 Å². The van der Waals surface area contributed by atoms with Crippen LogP contribution in [0.15, 0.2) is 0 Å². The Hall–Kier alpha value is -0.120. The normalized spacial score (nSPS) is 16.5. The lowest BCUT2D eigenvalue weighted by Gasteiger charge is -2.13. The van der Waals surface area contributed by atoms with Crippen molar-refractivity contribution in [3.8, 4) is 0 Å². The molecule has 0 aromatic carbocycles. The number of hydrogen-bond donors (Lipinski definition) is 3. The highest BCUT2D eigenvalue weighted by Gasteiger charge is 2.05. The van der Waals surface area contributed by atoms with E-state index in [9.17, 15) is 0 Å². The fraction of sp³-hybridized carbons (Fsp3) is 1.00. The predicted octanol–water partition coefficient (Wildman–Crippen LogP) is 2.91. The first-order chi connectivity index (χ1) is 8.60. The van der Waals surface area contributed by atoms with Crippen LogP contribution in [0.1, 0.15) is 78.1 Å². The molecule has 0 heterocycles. The Kier molecular flexibility index (Phi) is 11.9. The Labute approximate surface area is 114 Å². The summed E-state index contributed by atoms with van der Waals surface area (Å²) in [5.41, 5.74) is 17.9. The molecule has 0 radical (unpaired) electrons. The van der Waals surface area contributed by atoms with Crippen molar-refractivity contribution in [3.05, 3.63) is 0 Å². The fourth-order valence-electron chi connectivity index (χ4n) is 2.18. The van der Waals surface area contributed by atoms with Crippen molar-refractivity contribution in [3.63, 3.8) is 0 Å². The number of nitrogens with two attached hydrogens (primary N) is 3. The molecule has 0 aliphatic rings. The van der Waals surface area contributed by atoms with Crippen LogP contribution in [0.25, 0.3) is 0 Å². The average Bonchev–Trinajstić information content (AvgIpc) is 2.38. The van der Waals surface area contributed by atoms with Crippen molar-refractivity contribution >= 4 is 0 Å². The van der Waals surface area contributed by atoms with Crippen molar-refractivity contribution in [1.82, 2.24) is 0 Å². The third kappa shape index (κ3) is 11.0. The van der Waals surface area contributed by atoms with Crippen molar-refractivity contribution in [2.24, 2.45) is 17.2 Å². The molecule has 0 saturated carbocycles. The van der Waals surface area contributed by atoms with Gasteiger partial charge in [0.1, 0.15) is 0 Å². The van der Waals surface area contributed by atoms with Gasteiger partial charge in [-0.1, -0.05) is 39.5 Å². The third-order valence-electron chi connectivity index (χ3n) is 3.85. The zero-order valence-electron chi connectivity index (χ0n) is 12.5.